The number of aromatic hydroxyl groups is 1. The molecule has 1 aromatic carbocycles. The van der Waals surface area contributed by atoms with Gasteiger partial charge in [0.25, 0.3) is 0 Å². The Balaban J connectivity index is 1.94. The molecule has 1 atom stereocenters. The number of amides is 1. The van der Waals surface area contributed by atoms with E-state index in [1.54, 1.807) is 13.2 Å². The second kappa shape index (κ2) is 6.40. The van der Waals surface area contributed by atoms with Gasteiger partial charge in [-0.1, -0.05) is 32.3 Å². The Morgan fingerprint density at radius 3 is 2.74 bits per heavy atom. The van der Waals surface area contributed by atoms with E-state index < -0.39 is 5.54 Å². The molecule has 1 aliphatic heterocycles. The highest BCUT2D eigenvalue weighted by Gasteiger charge is 2.51. The van der Waals surface area contributed by atoms with Gasteiger partial charge >= 0.3 is 0 Å². The van der Waals surface area contributed by atoms with Crippen LogP contribution in [0.3, 0.4) is 0 Å². The van der Waals surface area contributed by atoms with Gasteiger partial charge in [-0.05, 0) is 37.0 Å². The van der Waals surface area contributed by atoms with Crippen LogP contribution in [0.1, 0.15) is 57.2 Å². The van der Waals surface area contributed by atoms with Crippen LogP contribution >= 0.6 is 0 Å². The molecule has 1 aliphatic carbocycles. The molecule has 1 unspecified atom stereocenters. The van der Waals surface area contributed by atoms with Crippen LogP contribution in [-0.4, -0.2) is 35.1 Å². The van der Waals surface area contributed by atoms with Crippen LogP contribution in [0, 0.1) is 0 Å². The Hall–Kier alpha value is -1.75. The minimum atomic E-state index is -0.400. The lowest BCUT2D eigenvalue weighted by molar-refractivity contribution is -0.134. The summed E-state index contributed by atoms with van der Waals surface area (Å²) in [5, 5.41) is 13.4. The van der Waals surface area contributed by atoms with E-state index in [1.807, 2.05) is 17.0 Å². The third-order valence-electron chi connectivity index (χ3n) is 5.09. The smallest absolute Gasteiger partial charge is 0.244 e. The first-order valence-electron chi connectivity index (χ1n) is 8.57. The highest BCUT2D eigenvalue weighted by molar-refractivity contribution is 5.89. The molecule has 0 radical (unpaired) electrons. The molecule has 2 N–H and O–H groups in total. The summed E-state index contributed by atoms with van der Waals surface area (Å²) in [6, 6.07) is 5.33. The molecule has 3 rings (SSSR count). The largest absolute Gasteiger partial charge is 0.504 e. The molecule has 23 heavy (non-hydrogen) atoms. The monoisotopic (exact) mass is 318 g/mol. The topological polar surface area (TPSA) is 61.8 Å². The zero-order chi connectivity index (χ0) is 16.4. The van der Waals surface area contributed by atoms with E-state index in [1.165, 1.54) is 6.42 Å². The average molecular weight is 318 g/mol. The number of benzene rings is 1. The fourth-order valence-electron chi connectivity index (χ4n) is 3.91. The molecule has 1 saturated heterocycles. The summed E-state index contributed by atoms with van der Waals surface area (Å²) < 4.78 is 5.22. The van der Waals surface area contributed by atoms with Gasteiger partial charge in [-0.2, -0.15) is 0 Å². The number of phenolic OH excluding ortho intramolecular Hbond substituents is 1. The van der Waals surface area contributed by atoms with Crippen molar-refractivity contribution in [2.45, 2.75) is 57.2 Å². The number of methoxy groups -OCH3 is 1. The molecule has 1 aromatic rings. The van der Waals surface area contributed by atoms with Crippen LogP contribution in [0.25, 0.3) is 0 Å². The lowest BCUT2D eigenvalue weighted by Crippen LogP contribution is -2.48. The standard InChI is InChI=1S/C18H26N2O3/c1-3-11-20-16(13-7-8-14(21)15(12-13)23-2)19-18(17(20)22)9-5-4-6-10-18/h7-8,12,16,19,21H,3-6,9-11H2,1-2H3. The fourth-order valence-corrected chi connectivity index (χ4v) is 3.91. The molecular weight excluding hydrogens is 292 g/mol. The molecule has 1 spiro atoms. The van der Waals surface area contributed by atoms with E-state index in [9.17, 15) is 9.90 Å². The Kier molecular flexibility index (Phi) is 4.48. The normalized spacial score (nSPS) is 23.5. The third-order valence-corrected chi connectivity index (χ3v) is 5.09. The van der Waals surface area contributed by atoms with Crippen molar-refractivity contribution in [3.63, 3.8) is 0 Å². The number of nitrogens with zero attached hydrogens (tertiary/aromatic N) is 1. The van der Waals surface area contributed by atoms with Crippen molar-refractivity contribution in [1.29, 1.82) is 0 Å². The molecule has 2 aliphatic rings. The number of hydrogen-bond acceptors (Lipinski definition) is 4. The van der Waals surface area contributed by atoms with Crippen molar-refractivity contribution < 1.29 is 14.6 Å². The summed E-state index contributed by atoms with van der Waals surface area (Å²) in [6.07, 6.45) is 6.02. The van der Waals surface area contributed by atoms with Crippen LogP contribution in [0.15, 0.2) is 18.2 Å². The van der Waals surface area contributed by atoms with Crippen molar-refractivity contribution in [3.8, 4) is 11.5 Å². The Morgan fingerprint density at radius 1 is 1.35 bits per heavy atom. The van der Waals surface area contributed by atoms with E-state index in [0.717, 1.165) is 44.2 Å². The van der Waals surface area contributed by atoms with E-state index in [-0.39, 0.29) is 17.8 Å². The third kappa shape index (κ3) is 2.78. The van der Waals surface area contributed by atoms with Crippen LogP contribution in [0.5, 0.6) is 11.5 Å². The number of carbonyl (C=O) groups is 1. The quantitative estimate of drug-likeness (QED) is 0.896. The Morgan fingerprint density at radius 2 is 2.09 bits per heavy atom. The minimum Gasteiger partial charge on any atom is -0.504 e. The van der Waals surface area contributed by atoms with Gasteiger partial charge in [-0.3, -0.25) is 10.1 Å². The van der Waals surface area contributed by atoms with Crippen LogP contribution in [0.4, 0.5) is 0 Å². The molecule has 5 heteroatoms. The van der Waals surface area contributed by atoms with Crippen molar-refractivity contribution in [2.75, 3.05) is 13.7 Å². The van der Waals surface area contributed by atoms with Gasteiger partial charge < -0.3 is 14.7 Å². The molecule has 5 nitrogen and oxygen atoms in total. The molecule has 2 fully saturated rings. The highest BCUT2D eigenvalue weighted by atomic mass is 16.5. The SMILES string of the molecule is CCCN1C(=O)C2(CCCCC2)NC1c1ccc(O)c(OC)c1. The van der Waals surface area contributed by atoms with Crippen LogP contribution in [0.2, 0.25) is 0 Å². The number of hydrogen-bond donors (Lipinski definition) is 2. The number of carbonyl (C=O) groups excluding carboxylic acids is 1. The van der Waals surface area contributed by atoms with Gasteiger partial charge in [0.15, 0.2) is 11.5 Å². The number of nitrogens with one attached hydrogen (secondary N) is 1. The number of rotatable bonds is 4. The zero-order valence-corrected chi connectivity index (χ0v) is 14.0. The second-order valence-electron chi connectivity index (χ2n) is 6.62. The minimum absolute atomic E-state index is 0.120. The molecule has 1 saturated carbocycles. The first-order valence-corrected chi connectivity index (χ1v) is 8.57. The first kappa shape index (κ1) is 16.1. The molecule has 1 amide bonds. The summed E-state index contributed by atoms with van der Waals surface area (Å²) in [6.45, 7) is 2.83. The molecule has 0 bridgehead atoms. The summed E-state index contributed by atoms with van der Waals surface area (Å²) in [5.41, 5.74) is 0.562. The van der Waals surface area contributed by atoms with E-state index in [2.05, 4.69) is 12.2 Å². The maximum Gasteiger partial charge on any atom is 0.244 e. The van der Waals surface area contributed by atoms with Crippen LogP contribution < -0.4 is 10.1 Å². The number of phenols is 1. The second-order valence-corrected chi connectivity index (χ2v) is 6.62. The average Bonchev–Trinajstić information content (AvgIpc) is 2.82. The number of ether oxygens (including phenoxy) is 1. The molecule has 126 valence electrons. The van der Waals surface area contributed by atoms with Crippen molar-refractivity contribution in [1.82, 2.24) is 10.2 Å². The van der Waals surface area contributed by atoms with E-state index >= 15 is 0 Å². The van der Waals surface area contributed by atoms with Gasteiger partial charge in [0.05, 0.1) is 12.6 Å². The summed E-state index contributed by atoms with van der Waals surface area (Å²) in [5.74, 6) is 0.795. The lowest BCUT2D eigenvalue weighted by atomic mass is 9.81. The highest BCUT2D eigenvalue weighted by Crippen LogP contribution is 2.41. The molecule has 0 aromatic heterocycles. The zero-order valence-electron chi connectivity index (χ0n) is 14.0. The van der Waals surface area contributed by atoms with Crippen molar-refractivity contribution >= 4 is 5.91 Å². The lowest BCUT2D eigenvalue weighted by Gasteiger charge is -2.31. The van der Waals surface area contributed by atoms with E-state index in [4.69, 9.17) is 4.74 Å². The maximum absolute atomic E-state index is 13.1. The molecular formula is C18H26N2O3. The van der Waals surface area contributed by atoms with Gasteiger partial charge in [-0.25, -0.2) is 0 Å². The van der Waals surface area contributed by atoms with Gasteiger partial charge in [0.1, 0.15) is 6.17 Å². The Labute approximate surface area is 137 Å². The van der Waals surface area contributed by atoms with Crippen molar-refractivity contribution in [3.05, 3.63) is 23.8 Å². The van der Waals surface area contributed by atoms with Crippen molar-refractivity contribution in [2.24, 2.45) is 0 Å². The van der Waals surface area contributed by atoms with E-state index in [0.29, 0.717) is 5.75 Å². The first-order chi connectivity index (χ1) is 11.1. The summed E-state index contributed by atoms with van der Waals surface area (Å²) in [4.78, 5) is 15.0. The predicted octanol–water partition coefficient (Wildman–Crippen LogP) is 2.94. The van der Waals surface area contributed by atoms with Gasteiger partial charge in [0.2, 0.25) is 5.91 Å². The van der Waals surface area contributed by atoms with Crippen LogP contribution in [-0.2, 0) is 4.79 Å². The fraction of sp³-hybridized carbons (Fsp3) is 0.611. The molecule has 1 heterocycles. The van der Waals surface area contributed by atoms with Gasteiger partial charge in [0, 0.05) is 6.54 Å². The van der Waals surface area contributed by atoms with Gasteiger partial charge in [-0.15, -0.1) is 0 Å². The summed E-state index contributed by atoms with van der Waals surface area (Å²) in [7, 11) is 1.54. The predicted molar refractivity (Wildman–Crippen MR) is 88.4 cm³/mol. The summed E-state index contributed by atoms with van der Waals surface area (Å²) >= 11 is 0. The Bertz CT molecular complexity index is 582. The maximum atomic E-state index is 13.1.